The normalized spacial score (nSPS) is 11.0. The number of nitrogens with one attached hydrogen (secondary N) is 3. The zero-order valence-corrected chi connectivity index (χ0v) is 21.0. The molecule has 0 aliphatic rings. The number of benzene rings is 4. The molecule has 7 heteroatoms. The van der Waals surface area contributed by atoms with Gasteiger partial charge in [-0.2, -0.15) is 0 Å². The van der Waals surface area contributed by atoms with E-state index in [4.69, 9.17) is 4.74 Å². The molecule has 0 spiro atoms. The topological polar surface area (TPSA) is 96.5 Å². The third-order valence-electron chi connectivity index (χ3n) is 5.82. The molecule has 0 saturated carbocycles. The maximum Gasteiger partial charge on any atom is 0.276 e. The number of hydrazine groups is 1. The van der Waals surface area contributed by atoms with E-state index in [0.29, 0.717) is 22.6 Å². The van der Waals surface area contributed by atoms with Gasteiger partial charge in [0.1, 0.15) is 5.75 Å². The van der Waals surface area contributed by atoms with E-state index in [1.54, 1.807) is 42.5 Å². The third-order valence-corrected chi connectivity index (χ3v) is 5.82. The Balaban J connectivity index is 1.25. The summed E-state index contributed by atoms with van der Waals surface area (Å²) in [5.74, 6) is -0.670. The number of hydrogen-bond donors (Lipinski definition) is 3. The van der Waals surface area contributed by atoms with Gasteiger partial charge in [0.25, 0.3) is 17.7 Å². The third kappa shape index (κ3) is 6.73. The van der Waals surface area contributed by atoms with Gasteiger partial charge in [0.05, 0.1) is 0 Å². The number of rotatable bonds is 6. The first kappa shape index (κ1) is 25.4. The first-order valence-corrected chi connectivity index (χ1v) is 11.9. The lowest BCUT2D eigenvalue weighted by atomic mass is 9.87. The van der Waals surface area contributed by atoms with Crippen molar-refractivity contribution < 1.29 is 19.1 Å². The molecular formula is C30H29N3O4. The molecule has 0 fully saturated rings. The summed E-state index contributed by atoms with van der Waals surface area (Å²) in [5, 5.41) is 4.90. The zero-order chi connectivity index (χ0) is 26.4. The smallest absolute Gasteiger partial charge is 0.276 e. The summed E-state index contributed by atoms with van der Waals surface area (Å²) in [6, 6.07) is 27.3. The molecular weight excluding hydrogens is 466 g/mol. The SMILES string of the molecule is CC(C)(C)c1ccc(C(=O)Nc2ccc(C(=O)NNC(=O)COc3ccc4ccccc4c3)cc2)cc1. The van der Waals surface area contributed by atoms with Gasteiger partial charge in [-0.05, 0) is 70.3 Å². The van der Waals surface area contributed by atoms with E-state index < -0.39 is 11.8 Å². The van der Waals surface area contributed by atoms with Crippen molar-refractivity contribution in [1.29, 1.82) is 0 Å². The van der Waals surface area contributed by atoms with Crippen molar-refractivity contribution in [3.8, 4) is 5.75 Å². The van der Waals surface area contributed by atoms with Crippen molar-refractivity contribution in [3.63, 3.8) is 0 Å². The molecule has 4 aromatic carbocycles. The van der Waals surface area contributed by atoms with Crippen LogP contribution in [0.1, 0.15) is 47.1 Å². The van der Waals surface area contributed by atoms with Gasteiger partial charge in [0, 0.05) is 16.8 Å². The number of anilines is 1. The van der Waals surface area contributed by atoms with Crippen LogP contribution >= 0.6 is 0 Å². The van der Waals surface area contributed by atoms with Crippen molar-refractivity contribution in [2.24, 2.45) is 0 Å². The maximum absolute atomic E-state index is 12.6. The van der Waals surface area contributed by atoms with Gasteiger partial charge < -0.3 is 10.1 Å². The molecule has 0 bridgehead atoms. The Hall–Kier alpha value is -4.65. The van der Waals surface area contributed by atoms with E-state index in [9.17, 15) is 14.4 Å². The van der Waals surface area contributed by atoms with Crippen LogP contribution in [0.4, 0.5) is 5.69 Å². The fourth-order valence-corrected chi connectivity index (χ4v) is 3.67. The van der Waals surface area contributed by atoms with Gasteiger partial charge in [-0.1, -0.05) is 63.2 Å². The molecule has 3 N–H and O–H groups in total. The highest BCUT2D eigenvalue weighted by Crippen LogP contribution is 2.23. The Morgan fingerprint density at radius 3 is 2.00 bits per heavy atom. The van der Waals surface area contributed by atoms with Crippen molar-refractivity contribution in [1.82, 2.24) is 10.9 Å². The summed E-state index contributed by atoms with van der Waals surface area (Å²) in [5.41, 5.74) is 7.27. The monoisotopic (exact) mass is 495 g/mol. The number of fused-ring (bicyclic) bond motifs is 1. The molecule has 7 nitrogen and oxygen atoms in total. The van der Waals surface area contributed by atoms with Gasteiger partial charge in [0.15, 0.2) is 6.61 Å². The van der Waals surface area contributed by atoms with Crippen molar-refractivity contribution in [3.05, 3.63) is 108 Å². The summed E-state index contributed by atoms with van der Waals surface area (Å²) < 4.78 is 5.52. The van der Waals surface area contributed by atoms with Crippen LogP contribution in [-0.4, -0.2) is 24.3 Å². The van der Waals surface area contributed by atoms with Gasteiger partial charge in [-0.25, -0.2) is 0 Å². The molecule has 4 aromatic rings. The molecule has 3 amide bonds. The van der Waals surface area contributed by atoms with E-state index in [1.165, 1.54) is 0 Å². The fraction of sp³-hybridized carbons (Fsp3) is 0.167. The molecule has 0 heterocycles. The van der Waals surface area contributed by atoms with E-state index in [0.717, 1.165) is 16.3 Å². The van der Waals surface area contributed by atoms with Crippen molar-refractivity contribution in [2.75, 3.05) is 11.9 Å². The molecule has 37 heavy (non-hydrogen) atoms. The standard InChI is InChI=1S/C30H29N3O4/c1-30(2,3)24-13-8-21(9-14-24)28(35)31-25-15-10-22(11-16-25)29(36)33-32-27(34)19-37-26-17-12-20-6-4-5-7-23(20)18-26/h4-18H,19H2,1-3H3,(H,31,35)(H,32,34)(H,33,36). The lowest BCUT2D eigenvalue weighted by Gasteiger charge is -2.19. The average Bonchev–Trinajstić information content (AvgIpc) is 2.90. The van der Waals surface area contributed by atoms with Crippen LogP contribution in [-0.2, 0) is 10.2 Å². The second-order valence-electron chi connectivity index (χ2n) is 9.66. The van der Waals surface area contributed by atoms with Crippen molar-refractivity contribution >= 4 is 34.2 Å². The minimum atomic E-state index is -0.497. The molecule has 0 radical (unpaired) electrons. The molecule has 0 aromatic heterocycles. The highest BCUT2D eigenvalue weighted by atomic mass is 16.5. The van der Waals surface area contributed by atoms with Gasteiger partial charge in [-0.3, -0.25) is 25.2 Å². The number of carbonyl (C=O) groups excluding carboxylic acids is 3. The largest absolute Gasteiger partial charge is 0.484 e. The van der Waals surface area contributed by atoms with Gasteiger partial charge in [0.2, 0.25) is 0 Å². The van der Waals surface area contributed by atoms with E-state index in [1.807, 2.05) is 48.5 Å². The Morgan fingerprint density at radius 1 is 0.703 bits per heavy atom. The Bertz CT molecular complexity index is 1420. The van der Waals surface area contributed by atoms with Gasteiger partial charge in [-0.15, -0.1) is 0 Å². The molecule has 0 aliphatic carbocycles. The first-order valence-electron chi connectivity index (χ1n) is 11.9. The molecule has 0 unspecified atom stereocenters. The highest BCUT2D eigenvalue weighted by molar-refractivity contribution is 6.04. The van der Waals surface area contributed by atoms with Crippen LogP contribution in [0, 0.1) is 0 Å². The minimum absolute atomic E-state index is 0.00906. The molecule has 0 aliphatic heterocycles. The summed E-state index contributed by atoms with van der Waals surface area (Å²) in [4.78, 5) is 37.0. The zero-order valence-electron chi connectivity index (χ0n) is 21.0. The van der Waals surface area contributed by atoms with Crippen molar-refractivity contribution in [2.45, 2.75) is 26.2 Å². The highest BCUT2D eigenvalue weighted by Gasteiger charge is 2.15. The summed E-state index contributed by atoms with van der Waals surface area (Å²) in [6.07, 6.45) is 0. The number of amides is 3. The first-order chi connectivity index (χ1) is 17.7. The molecule has 0 atom stereocenters. The van der Waals surface area contributed by atoms with Crippen LogP contribution < -0.4 is 20.9 Å². The van der Waals surface area contributed by atoms with Crippen LogP contribution in [0.25, 0.3) is 10.8 Å². The summed E-state index contributed by atoms with van der Waals surface area (Å²) in [6.45, 7) is 6.10. The maximum atomic E-state index is 12.6. The number of ether oxygens (including phenoxy) is 1. The predicted octanol–water partition coefficient (Wildman–Crippen LogP) is 5.23. The van der Waals surface area contributed by atoms with E-state index in [2.05, 4.69) is 36.9 Å². The molecule has 0 saturated heterocycles. The fourth-order valence-electron chi connectivity index (χ4n) is 3.67. The van der Waals surface area contributed by atoms with Crippen LogP contribution in [0.5, 0.6) is 5.75 Å². The van der Waals surface area contributed by atoms with Gasteiger partial charge >= 0.3 is 0 Å². The molecule has 4 rings (SSSR count). The van der Waals surface area contributed by atoms with E-state index >= 15 is 0 Å². The van der Waals surface area contributed by atoms with Crippen LogP contribution in [0.2, 0.25) is 0 Å². The van der Waals surface area contributed by atoms with Crippen LogP contribution in [0.3, 0.4) is 0 Å². The Labute approximate surface area is 215 Å². The number of hydrogen-bond acceptors (Lipinski definition) is 4. The summed E-state index contributed by atoms with van der Waals surface area (Å²) >= 11 is 0. The average molecular weight is 496 g/mol. The quantitative estimate of drug-likeness (QED) is 0.319. The lowest BCUT2D eigenvalue weighted by molar-refractivity contribution is -0.123. The Morgan fingerprint density at radius 2 is 1.32 bits per heavy atom. The molecule has 188 valence electrons. The van der Waals surface area contributed by atoms with Crippen LogP contribution in [0.15, 0.2) is 91.0 Å². The number of carbonyl (C=O) groups is 3. The second kappa shape index (κ2) is 11.0. The van der Waals surface area contributed by atoms with E-state index in [-0.39, 0.29) is 17.9 Å². The second-order valence-corrected chi connectivity index (χ2v) is 9.66. The lowest BCUT2D eigenvalue weighted by Crippen LogP contribution is -2.43. The summed E-state index contributed by atoms with van der Waals surface area (Å²) in [7, 11) is 0. The predicted molar refractivity (Wildman–Crippen MR) is 145 cm³/mol. The minimum Gasteiger partial charge on any atom is -0.484 e. The Kier molecular flexibility index (Phi) is 7.53.